The topological polar surface area (TPSA) is 78.7 Å². The monoisotopic (exact) mass is 337 g/mol. The molecule has 4 heterocycles. The zero-order valence-corrected chi connectivity index (χ0v) is 14.2. The highest BCUT2D eigenvalue weighted by atomic mass is 16.2. The van der Waals surface area contributed by atoms with E-state index in [4.69, 9.17) is 0 Å². The summed E-state index contributed by atoms with van der Waals surface area (Å²) in [6, 6.07) is 7.45. The minimum atomic E-state index is -0.183. The average Bonchev–Trinajstić information content (AvgIpc) is 3.03. The number of hydrogen-bond acceptors (Lipinski definition) is 5. The molecule has 0 spiro atoms. The van der Waals surface area contributed by atoms with Gasteiger partial charge in [0.05, 0.1) is 6.54 Å². The summed E-state index contributed by atoms with van der Waals surface area (Å²) in [7, 11) is 3.92. The van der Waals surface area contributed by atoms with Crippen molar-refractivity contribution in [3.8, 4) is 0 Å². The summed E-state index contributed by atoms with van der Waals surface area (Å²) in [5.74, 6) is 1.33. The van der Waals surface area contributed by atoms with Gasteiger partial charge in [-0.1, -0.05) is 6.07 Å². The highest BCUT2D eigenvalue weighted by molar-refractivity contribution is 5.88. The van der Waals surface area contributed by atoms with Gasteiger partial charge in [0.25, 0.3) is 0 Å². The predicted molar refractivity (Wildman–Crippen MR) is 94.7 cm³/mol. The molecular weight excluding hydrogens is 318 g/mol. The van der Waals surface area contributed by atoms with E-state index in [9.17, 15) is 4.79 Å². The second kappa shape index (κ2) is 6.04. The van der Waals surface area contributed by atoms with Crippen LogP contribution in [0.1, 0.15) is 11.1 Å². The number of nitrogens with zero attached hydrogens (tertiary/aromatic N) is 6. The molecule has 25 heavy (non-hydrogen) atoms. The van der Waals surface area contributed by atoms with E-state index in [0.29, 0.717) is 24.7 Å². The second-order valence-corrected chi connectivity index (χ2v) is 6.22. The molecule has 1 aliphatic heterocycles. The Labute approximate surface area is 145 Å². The molecule has 3 aromatic heterocycles. The van der Waals surface area contributed by atoms with Gasteiger partial charge in [-0.05, 0) is 30.2 Å². The number of carbonyl (C=O) groups is 1. The summed E-state index contributed by atoms with van der Waals surface area (Å²) < 4.78 is 1.75. The molecule has 3 aromatic rings. The maximum absolute atomic E-state index is 12.7. The standard InChI is InChI=1S/C17H19N7O/c1-22(2)15-13-11-23(10-7-12(13)6-8-18-15)17(25)19-16-21-20-14-5-3-4-9-24(14)16/h3-6,8-9H,7,10-11H2,1-2H3,(H,19,21,25). The number of anilines is 2. The van der Waals surface area contributed by atoms with Gasteiger partial charge >= 0.3 is 6.03 Å². The summed E-state index contributed by atoms with van der Waals surface area (Å²) in [6.07, 6.45) is 4.46. The van der Waals surface area contributed by atoms with Crippen molar-refractivity contribution >= 4 is 23.4 Å². The van der Waals surface area contributed by atoms with Crippen molar-refractivity contribution in [1.29, 1.82) is 0 Å². The van der Waals surface area contributed by atoms with E-state index in [0.717, 1.165) is 17.8 Å². The van der Waals surface area contributed by atoms with Gasteiger partial charge < -0.3 is 9.80 Å². The van der Waals surface area contributed by atoms with Crippen molar-refractivity contribution in [3.05, 3.63) is 47.8 Å². The van der Waals surface area contributed by atoms with Crippen molar-refractivity contribution in [2.24, 2.45) is 0 Å². The molecule has 0 saturated heterocycles. The van der Waals surface area contributed by atoms with Crippen LogP contribution in [0.25, 0.3) is 5.65 Å². The van der Waals surface area contributed by atoms with Crippen LogP contribution in [0.2, 0.25) is 0 Å². The molecule has 0 aliphatic carbocycles. The molecule has 1 N–H and O–H groups in total. The van der Waals surface area contributed by atoms with Gasteiger partial charge in [0.1, 0.15) is 5.82 Å². The maximum Gasteiger partial charge on any atom is 0.324 e. The fourth-order valence-corrected chi connectivity index (χ4v) is 3.11. The SMILES string of the molecule is CN(C)c1nccc2c1CN(C(=O)Nc1nnc3ccccn13)CC2. The first-order valence-electron chi connectivity index (χ1n) is 8.13. The van der Waals surface area contributed by atoms with Gasteiger partial charge in [0.2, 0.25) is 5.95 Å². The molecule has 2 amide bonds. The van der Waals surface area contributed by atoms with E-state index in [2.05, 4.69) is 20.5 Å². The van der Waals surface area contributed by atoms with Gasteiger partial charge in [-0.25, -0.2) is 9.78 Å². The predicted octanol–water partition coefficient (Wildman–Crippen LogP) is 1.78. The summed E-state index contributed by atoms with van der Waals surface area (Å²) in [5.41, 5.74) is 3.04. The largest absolute Gasteiger partial charge is 0.362 e. The number of amides is 2. The van der Waals surface area contributed by atoms with E-state index < -0.39 is 0 Å². The van der Waals surface area contributed by atoms with Gasteiger partial charge in [-0.2, -0.15) is 0 Å². The van der Waals surface area contributed by atoms with E-state index in [1.165, 1.54) is 5.56 Å². The first kappa shape index (κ1) is 15.4. The van der Waals surface area contributed by atoms with Crippen LogP contribution in [0, 0.1) is 0 Å². The Hall–Kier alpha value is -3.16. The number of rotatable bonds is 2. The van der Waals surface area contributed by atoms with Gasteiger partial charge in [-0.3, -0.25) is 9.72 Å². The zero-order valence-electron chi connectivity index (χ0n) is 14.2. The lowest BCUT2D eigenvalue weighted by Gasteiger charge is -2.30. The molecule has 0 fully saturated rings. The quantitative estimate of drug-likeness (QED) is 0.771. The number of urea groups is 1. The molecular formula is C17H19N7O. The number of nitrogens with one attached hydrogen (secondary N) is 1. The summed E-state index contributed by atoms with van der Waals surface area (Å²) in [4.78, 5) is 20.9. The Kier molecular flexibility index (Phi) is 3.72. The summed E-state index contributed by atoms with van der Waals surface area (Å²) in [5, 5.41) is 11.0. The lowest BCUT2D eigenvalue weighted by molar-refractivity contribution is 0.206. The molecule has 8 heteroatoms. The van der Waals surface area contributed by atoms with E-state index in [1.807, 2.05) is 55.7 Å². The van der Waals surface area contributed by atoms with Crippen LogP contribution in [0.4, 0.5) is 16.6 Å². The van der Waals surface area contributed by atoms with E-state index in [-0.39, 0.29) is 6.03 Å². The van der Waals surface area contributed by atoms with E-state index >= 15 is 0 Å². The van der Waals surface area contributed by atoms with E-state index in [1.54, 1.807) is 9.30 Å². The minimum absolute atomic E-state index is 0.183. The molecule has 0 atom stereocenters. The Morgan fingerprint density at radius 3 is 2.96 bits per heavy atom. The fraction of sp³-hybridized carbons (Fsp3) is 0.294. The third kappa shape index (κ3) is 2.75. The number of pyridine rings is 2. The smallest absolute Gasteiger partial charge is 0.324 e. The summed E-state index contributed by atoms with van der Waals surface area (Å²) in [6.45, 7) is 1.19. The third-order valence-corrected chi connectivity index (χ3v) is 4.37. The van der Waals surface area contributed by atoms with Crippen molar-refractivity contribution < 1.29 is 4.79 Å². The highest BCUT2D eigenvalue weighted by Crippen LogP contribution is 2.26. The number of hydrogen-bond donors (Lipinski definition) is 1. The van der Waals surface area contributed by atoms with Gasteiger partial charge in [-0.15, -0.1) is 10.2 Å². The molecule has 0 radical (unpaired) electrons. The lowest BCUT2D eigenvalue weighted by Crippen LogP contribution is -2.40. The molecule has 0 aromatic carbocycles. The van der Waals surface area contributed by atoms with Crippen LogP contribution in [0.3, 0.4) is 0 Å². The van der Waals surface area contributed by atoms with Crippen molar-refractivity contribution in [1.82, 2.24) is 24.5 Å². The normalized spacial score (nSPS) is 13.6. The molecule has 4 rings (SSSR count). The van der Waals surface area contributed by atoms with Crippen molar-refractivity contribution in [2.75, 3.05) is 30.9 Å². The van der Waals surface area contributed by atoms with Crippen LogP contribution in [0.5, 0.6) is 0 Å². The van der Waals surface area contributed by atoms with Crippen molar-refractivity contribution in [2.45, 2.75) is 13.0 Å². The molecule has 0 saturated carbocycles. The first-order chi connectivity index (χ1) is 12.1. The summed E-state index contributed by atoms with van der Waals surface area (Å²) >= 11 is 0. The van der Waals surface area contributed by atoms with Crippen LogP contribution in [-0.4, -0.2) is 51.2 Å². The number of fused-ring (bicyclic) bond motifs is 2. The lowest BCUT2D eigenvalue weighted by atomic mass is 10.0. The first-order valence-corrected chi connectivity index (χ1v) is 8.13. The van der Waals surface area contributed by atoms with Crippen LogP contribution in [-0.2, 0) is 13.0 Å². The Bertz CT molecular complexity index is 934. The molecule has 8 nitrogen and oxygen atoms in total. The van der Waals surface area contributed by atoms with Gasteiger partial charge in [0.15, 0.2) is 5.65 Å². The molecule has 0 bridgehead atoms. The minimum Gasteiger partial charge on any atom is -0.362 e. The highest BCUT2D eigenvalue weighted by Gasteiger charge is 2.24. The second-order valence-electron chi connectivity index (χ2n) is 6.22. The average molecular weight is 337 g/mol. The third-order valence-electron chi connectivity index (χ3n) is 4.37. The maximum atomic E-state index is 12.7. The van der Waals surface area contributed by atoms with Crippen LogP contribution < -0.4 is 10.2 Å². The fourth-order valence-electron chi connectivity index (χ4n) is 3.11. The molecule has 1 aliphatic rings. The number of aromatic nitrogens is 4. The molecule has 0 unspecified atom stereocenters. The Morgan fingerprint density at radius 1 is 1.24 bits per heavy atom. The van der Waals surface area contributed by atoms with Gasteiger partial charge in [0, 0.05) is 38.6 Å². The number of carbonyl (C=O) groups excluding carboxylic acids is 1. The van der Waals surface area contributed by atoms with Crippen molar-refractivity contribution in [3.63, 3.8) is 0 Å². The zero-order chi connectivity index (χ0) is 17.4. The van der Waals surface area contributed by atoms with Crippen LogP contribution >= 0.6 is 0 Å². The Balaban J connectivity index is 1.56. The Morgan fingerprint density at radius 2 is 2.12 bits per heavy atom. The molecule has 128 valence electrons. The van der Waals surface area contributed by atoms with Crippen LogP contribution in [0.15, 0.2) is 36.7 Å².